The summed E-state index contributed by atoms with van der Waals surface area (Å²) in [5, 5.41) is 7.55. The van der Waals surface area contributed by atoms with Crippen LogP contribution in [0.25, 0.3) is 5.82 Å². The van der Waals surface area contributed by atoms with E-state index in [1.165, 1.54) is 0 Å². The smallest absolute Gasteiger partial charge is 0.254 e. The average Bonchev–Trinajstić information content (AvgIpc) is 3.29. The number of hydrogen-bond donors (Lipinski definition) is 0. The molecule has 1 aromatic carbocycles. The molecule has 0 spiro atoms. The van der Waals surface area contributed by atoms with Crippen molar-refractivity contribution in [1.29, 1.82) is 0 Å². The van der Waals surface area contributed by atoms with Crippen molar-refractivity contribution in [2.45, 2.75) is 12.5 Å². The van der Waals surface area contributed by atoms with Gasteiger partial charge in [-0.25, -0.2) is 4.98 Å². The number of morpholine rings is 1. The number of amides is 1. The Hall–Kier alpha value is -3.26. The Morgan fingerprint density at radius 2 is 2.11 bits per heavy atom. The summed E-state index contributed by atoms with van der Waals surface area (Å²) in [5.41, 5.74) is 1.71. The topological polar surface area (TPSA) is 82.4 Å². The molecule has 0 radical (unpaired) electrons. The van der Waals surface area contributed by atoms with E-state index in [0.717, 1.165) is 17.7 Å². The normalized spacial score (nSPS) is 16.8. The van der Waals surface area contributed by atoms with Crippen LogP contribution in [0.15, 0.2) is 55.2 Å². The lowest BCUT2D eigenvalue weighted by atomic mass is 10.1. The van der Waals surface area contributed by atoms with Crippen LogP contribution in [0.2, 0.25) is 0 Å². The van der Waals surface area contributed by atoms with Crippen LogP contribution in [-0.4, -0.2) is 63.5 Å². The van der Waals surface area contributed by atoms with Crippen LogP contribution in [-0.2, 0) is 11.2 Å². The average molecular weight is 379 g/mol. The van der Waals surface area contributed by atoms with Crippen LogP contribution in [0, 0.1) is 0 Å². The van der Waals surface area contributed by atoms with Crippen molar-refractivity contribution in [3.05, 3.63) is 66.4 Å². The number of ether oxygens (including phenoxy) is 2. The molecule has 0 unspecified atom stereocenters. The van der Waals surface area contributed by atoms with E-state index in [-0.39, 0.29) is 12.0 Å². The van der Waals surface area contributed by atoms with Gasteiger partial charge in [-0.1, -0.05) is 12.1 Å². The molecule has 4 rings (SSSR count). The minimum Gasteiger partial charge on any atom is -0.497 e. The minimum absolute atomic E-state index is 0.0318. The molecule has 0 saturated carbocycles. The summed E-state index contributed by atoms with van der Waals surface area (Å²) in [6.45, 7) is 1.63. The van der Waals surface area contributed by atoms with Gasteiger partial charge in [0.05, 0.1) is 19.8 Å². The largest absolute Gasteiger partial charge is 0.497 e. The second-order valence-corrected chi connectivity index (χ2v) is 6.57. The lowest BCUT2D eigenvalue weighted by Crippen LogP contribution is -2.46. The number of benzene rings is 1. The second kappa shape index (κ2) is 8.18. The number of carbonyl (C=O) groups is 1. The van der Waals surface area contributed by atoms with Crippen LogP contribution >= 0.6 is 0 Å². The summed E-state index contributed by atoms with van der Waals surface area (Å²) < 4.78 is 12.8. The van der Waals surface area contributed by atoms with E-state index in [0.29, 0.717) is 31.1 Å². The molecule has 1 amide bonds. The highest BCUT2D eigenvalue weighted by Crippen LogP contribution is 2.18. The van der Waals surface area contributed by atoms with Gasteiger partial charge in [-0.15, -0.1) is 10.2 Å². The minimum atomic E-state index is -0.0519. The number of nitrogens with zero attached hydrogens (tertiary/aromatic N) is 5. The highest BCUT2D eigenvalue weighted by atomic mass is 16.5. The van der Waals surface area contributed by atoms with E-state index in [1.54, 1.807) is 42.7 Å². The Bertz CT molecular complexity index is 945. The summed E-state index contributed by atoms with van der Waals surface area (Å²) in [7, 11) is 1.65. The van der Waals surface area contributed by atoms with Gasteiger partial charge < -0.3 is 14.4 Å². The summed E-state index contributed by atoms with van der Waals surface area (Å²) in [4.78, 5) is 19.1. The van der Waals surface area contributed by atoms with E-state index in [9.17, 15) is 4.79 Å². The summed E-state index contributed by atoms with van der Waals surface area (Å²) in [6, 6.07) is 11.4. The summed E-state index contributed by atoms with van der Waals surface area (Å²) in [5.74, 6) is 1.40. The first kappa shape index (κ1) is 18.1. The van der Waals surface area contributed by atoms with Crippen molar-refractivity contribution in [3.8, 4) is 11.6 Å². The van der Waals surface area contributed by atoms with E-state index < -0.39 is 0 Å². The molecule has 1 saturated heterocycles. The van der Waals surface area contributed by atoms with Crippen LogP contribution in [0.3, 0.4) is 0 Å². The van der Waals surface area contributed by atoms with Crippen molar-refractivity contribution in [2.75, 3.05) is 26.8 Å². The van der Waals surface area contributed by atoms with Crippen molar-refractivity contribution in [3.63, 3.8) is 0 Å². The van der Waals surface area contributed by atoms with Gasteiger partial charge in [-0.05, 0) is 29.8 Å². The van der Waals surface area contributed by atoms with Crippen molar-refractivity contribution in [1.82, 2.24) is 24.6 Å². The number of hydrogen-bond acceptors (Lipinski definition) is 6. The molecule has 1 fully saturated rings. The standard InChI is InChI=1S/C20H21N5O3/c1-27-17-4-2-3-15(9-17)10-18-12-24(7-8-28-18)20(26)16-5-6-21-19(11-16)25-13-22-23-14-25/h2-6,9,11,13-14,18H,7-8,10,12H2,1H3/t18-/m0/s1. The zero-order chi connectivity index (χ0) is 19.3. The molecule has 0 bridgehead atoms. The highest BCUT2D eigenvalue weighted by molar-refractivity contribution is 5.94. The molecule has 28 heavy (non-hydrogen) atoms. The predicted molar refractivity (Wildman–Crippen MR) is 101 cm³/mol. The third kappa shape index (κ3) is 4.01. The van der Waals surface area contributed by atoms with E-state index >= 15 is 0 Å². The molecule has 3 aromatic rings. The molecule has 2 aromatic heterocycles. The van der Waals surface area contributed by atoms with Gasteiger partial charge in [0.15, 0.2) is 0 Å². The van der Waals surface area contributed by atoms with Gasteiger partial charge in [0.2, 0.25) is 0 Å². The lowest BCUT2D eigenvalue weighted by Gasteiger charge is -2.33. The van der Waals surface area contributed by atoms with Gasteiger partial charge in [-0.2, -0.15) is 0 Å². The third-order valence-corrected chi connectivity index (χ3v) is 4.70. The molecule has 144 valence electrons. The fraction of sp³-hybridized carbons (Fsp3) is 0.300. The number of carbonyl (C=O) groups excluding carboxylic acids is 1. The van der Waals surface area contributed by atoms with Gasteiger partial charge >= 0.3 is 0 Å². The summed E-state index contributed by atoms with van der Waals surface area (Å²) >= 11 is 0. The Balaban J connectivity index is 1.45. The van der Waals surface area contributed by atoms with Gasteiger partial charge in [0, 0.05) is 31.3 Å². The molecule has 8 nitrogen and oxygen atoms in total. The van der Waals surface area contributed by atoms with Crippen LogP contribution in [0.5, 0.6) is 5.75 Å². The van der Waals surface area contributed by atoms with Crippen LogP contribution in [0.1, 0.15) is 15.9 Å². The van der Waals surface area contributed by atoms with Gasteiger partial charge in [0.25, 0.3) is 5.91 Å². The third-order valence-electron chi connectivity index (χ3n) is 4.70. The van der Waals surface area contributed by atoms with Crippen LogP contribution < -0.4 is 4.74 Å². The molecule has 3 heterocycles. The molecular formula is C20H21N5O3. The zero-order valence-electron chi connectivity index (χ0n) is 15.6. The Morgan fingerprint density at radius 1 is 1.25 bits per heavy atom. The number of rotatable bonds is 5. The van der Waals surface area contributed by atoms with Crippen molar-refractivity contribution in [2.24, 2.45) is 0 Å². The van der Waals surface area contributed by atoms with Gasteiger partial charge in [0.1, 0.15) is 24.2 Å². The predicted octanol–water partition coefficient (Wildman–Crippen LogP) is 1.75. The first-order valence-electron chi connectivity index (χ1n) is 9.08. The maximum Gasteiger partial charge on any atom is 0.254 e. The quantitative estimate of drug-likeness (QED) is 0.672. The number of methoxy groups -OCH3 is 1. The Morgan fingerprint density at radius 3 is 2.93 bits per heavy atom. The maximum atomic E-state index is 13.0. The fourth-order valence-electron chi connectivity index (χ4n) is 3.28. The van der Waals surface area contributed by atoms with Crippen molar-refractivity contribution < 1.29 is 14.3 Å². The molecule has 1 aliphatic rings. The van der Waals surface area contributed by atoms with Crippen molar-refractivity contribution >= 4 is 5.91 Å². The second-order valence-electron chi connectivity index (χ2n) is 6.57. The van der Waals surface area contributed by atoms with E-state index in [2.05, 4.69) is 15.2 Å². The zero-order valence-corrected chi connectivity index (χ0v) is 15.6. The molecule has 0 aliphatic carbocycles. The maximum absolute atomic E-state index is 13.0. The molecule has 0 N–H and O–H groups in total. The summed E-state index contributed by atoms with van der Waals surface area (Å²) in [6.07, 6.45) is 5.40. The highest BCUT2D eigenvalue weighted by Gasteiger charge is 2.25. The first-order chi connectivity index (χ1) is 13.7. The van der Waals surface area contributed by atoms with E-state index in [1.807, 2.05) is 29.2 Å². The Labute approximate surface area is 162 Å². The van der Waals surface area contributed by atoms with E-state index in [4.69, 9.17) is 9.47 Å². The van der Waals surface area contributed by atoms with Crippen LogP contribution in [0.4, 0.5) is 0 Å². The molecule has 1 atom stereocenters. The SMILES string of the molecule is COc1cccc(C[C@H]2CN(C(=O)c3ccnc(-n4cnnc4)c3)CCO2)c1. The molecule has 1 aliphatic heterocycles. The Kier molecular flexibility index (Phi) is 5.29. The molecule has 8 heteroatoms. The number of aromatic nitrogens is 4. The fourth-order valence-corrected chi connectivity index (χ4v) is 3.28. The monoisotopic (exact) mass is 379 g/mol. The van der Waals surface area contributed by atoms with Gasteiger partial charge in [-0.3, -0.25) is 9.36 Å². The lowest BCUT2D eigenvalue weighted by molar-refractivity contribution is -0.0208. The first-order valence-corrected chi connectivity index (χ1v) is 9.08. The number of pyridine rings is 1. The molecular weight excluding hydrogens is 358 g/mol.